The molecule has 1 heterocycles. The monoisotopic (exact) mass is 209 g/mol. The maximum Gasteiger partial charge on any atom is 0.165 e. The maximum atomic E-state index is 10.2. The van der Waals surface area contributed by atoms with Crippen molar-refractivity contribution in [3.05, 3.63) is 18.2 Å². The molecule has 1 aliphatic rings. The number of carbonyl (C=O) groups is 1. The van der Waals surface area contributed by atoms with Crippen molar-refractivity contribution in [3.8, 4) is 17.2 Å². The van der Waals surface area contributed by atoms with Crippen LogP contribution in [0.2, 0.25) is 0 Å². The lowest BCUT2D eigenvalue weighted by Crippen LogP contribution is -2.28. The summed E-state index contributed by atoms with van der Waals surface area (Å²) in [5.41, 5.74) is 0. The Balaban J connectivity index is 2.10. The Bertz CT molecular complexity index is 374. The molecule has 5 heteroatoms. The predicted octanol–water partition coefficient (Wildman–Crippen LogP) is -0.414. The van der Waals surface area contributed by atoms with Crippen LogP contribution in [0, 0.1) is 0 Å². The Morgan fingerprint density at radius 2 is 2.07 bits per heavy atom. The Hall–Kier alpha value is -1.91. The van der Waals surface area contributed by atoms with Crippen LogP contribution >= 0.6 is 0 Å². The van der Waals surface area contributed by atoms with Gasteiger partial charge in [0.15, 0.2) is 11.5 Å². The van der Waals surface area contributed by atoms with Crippen LogP contribution in [-0.4, -0.2) is 25.8 Å². The fourth-order valence-corrected chi connectivity index (χ4v) is 1.26. The highest BCUT2D eigenvalue weighted by molar-refractivity contribution is 5.66. The van der Waals surface area contributed by atoms with Crippen LogP contribution in [-0.2, 0) is 4.79 Å². The third-order valence-corrected chi connectivity index (χ3v) is 1.87. The lowest BCUT2D eigenvalue weighted by molar-refractivity contribution is -0.307. The number of benzene rings is 1. The van der Waals surface area contributed by atoms with Gasteiger partial charge in [-0.2, -0.15) is 0 Å². The predicted molar refractivity (Wildman–Crippen MR) is 47.9 cm³/mol. The van der Waals surface area contributed by atoms with Crippen LogP contribution < -0.4 is 19.3 Å². The van der Waals surface area contributed by atoms with Crippen LogP contribution in [0.1, 0.15) is 0 Å². The number of aliphatic carboxylic acids is 1. The molecule has 0 atom stereocenters. The molecule has 5 nitrogen and oxygen atoms in total. The quantitative estimate of drug-likeness (QED) is 0.676. The number of carbonyl (C=O) groups excluding carboxylic acids is 1. The number of ether oxygens (including phenoxy) is 3. The molecule has 0 radical (unpaired) electrons. The standard InChI is InChI=1S/C10H10O5/c11-10(12)6-15-7-1-2-8-9(5-7)14-4-3-13-8/h1-2,5H,3-4,6H2,(H,11,12)/p-1. The summed E-state index contributed by atoms with van der Waals surface area (Å²) < 4.78 is 15.5. The first kappa shape index (κ1) is 9.64. The molecular formula is C10H9O5-. The number of hydrogen-bond donors (Lipinski definition) is 0. The minimum absolute atomic E-state index is 0.420. The molecule has 0 aliphatic carbocycles. The Morgan fingerprint density at radius 1 is 1.33 bits per heavy atom. The minimum atomic E-state index is -1.26. The Morgan fingerprint density at radius 3 is 2.80 bits per heavy atom. The first-order chi connectivity index (χ1) is 7.25. The molecule has 0 spiro atoms. The van der Waals surface area contributed by atoms with Crippen LogP contribution in [0.25, 0.3) is 0 Å². The van der Waals surface area contributed by atoms with Gasteiger partial charge < -0.3 is 24.1 Å². The van der Waals surface area contributed by atoms with Gasteiger partial charge in [-0.15, -0.1) is 0 Å². The van der Waals surface area contributed by atoms with Crippen molar-refractivity contribution in [3.63, 3.8) is 0 Å². The van der Waals surface area contributed by atoms with Crippen LogP contribution in [0.15, 0.2) is 18.2 Å². The number of fused-ring (bicyclic) bond motifs is 1. The molecule has 1 aliphatic heterocycles. The number of carboxylic acid groups (broad SMARTS) is 1. The van der Waals surface area contributed by atoms with E-state index in [1.807, 2.05) is 0 Å². The Labute approximate surface area is 86.2 Å². The van der Waals surface area contributed by atoms with Crippen LogP contribution in [0.5, 0.6) is 17.2 Å². The lowest BCUT2D eigenvalue weighted by atomic mass is 10.3. The number of hydrogen-bond acceptors (Lipinski definition) is 5. The van der Waals surface area contributed by atoms with Gasteiger partial charge in [-0.25, -0.2) is 0 Å². The maximum absolute atomic E-state index is 10.2. The summed E-state index contributed by atoms with van der Waals surface area (Å²) in [6, 6.07) is 4.90. The summed E-state index contributed by atoms with van der Waals surface area (Å²) in [5.74, 6) is 0.368. The van der Waals surface area contributed by atoms with Crippen molar-refractivity contribution in [2.75, 3.05) is 19.8 Å². The summed E-state index contributed by atoms with van der Waals surface area (Å²) in [5, 5.41) is 10.2. The molecule has 0 amide bonds. The molecule has 15 heavy (non-hydrogen) atoms. The second-order valence-corrected chi connectivity index (χ2v) is 2.97. The van der Waals surface area contributed by atoms with E-state index < -0.39 is 12.6 Å². The average molecular weight is 209 g/mol. The van der Waals surface area contributed by atoms with Crippen molar-refractivity contribution in [1.82, 2.24) is 0 Å². The molecular weight excluding hydrogens is 200 g/mol. The lowest BCUT2D eigenvalue weighted by Gasteiger charge is -2.18. The minimum Gasteiger partial charge on any atom is -0.546 e. The SMILES string of the molecule is O=C([O-])COc1ccc2c(c1)OCCO2. The van der Waals surface area contributed by atoms with Gasteiger partial charge >= 0.3 is 0 Å². The smallest absolute Gasteiger partial charge is 0.165 e. The molecule has 1 aromatic carbocycles. The summed E-state index contributed by atoms with van der Waals surface area (Å²) >= 11 is 0. The van der Waals surface area contributed by atoms with E-state index in [0.29, 0.717) is 30.5 Å². The van der Waals surface area contributed by atoms with Crippen molar-refractivity contribution in [1.29, 1.82) is 0 Å². The topological polar surface area (TPSA) is 67.8 Å². The third-order valence-electron chi connectivity index (χ3n) is 1.87. The van der Waals surface area contributed by atoms with E-state index >= 15 is 0 Å². The van der Waals surface area contributed by atoms with E-state index in [9.17, 15) is 9.90 Å². The van der Waals surface area contributed by atoms with Gasteiger partial charge in [0.05, 0.1) is 5.97 Å². The highest BCUT2D eigenvalue weighted by Gasteiger charge is 2.11. The van der Waals surface area contributed by atoms with Crippen molar-refractivity contribution >= 4 is 5.97 Å². The van der Waals surface area contributed by atoms with Crippen LogP contribution in [0.4, 0.5) is 0 Å². The first-order valence-electron chi connectivity index (χ1n) is 4.48. The van der Waals surface area contributed by atoms with Gasteiger partial charge in [0.25, 0.3) is 0 Å². The normalized spacial score (nSPS) is 13.3. The fraction of sp³-hybridized carbons (Fsp3) is 0.300. The molecule has 0 unspecified atom stereocenters. The first-order valence-corrected chi connectivity index (χ1v) is 4.48. The summed E-state index contributed by atoms with van der Waals surface area (Å²) in [4.78, 5) is 10.2. The van der Waals surface area contributed by atoms with Crippen molar-refractivity contribution < 1.29 is 24.1 Å². The van der Waals surface area contributed by atoms with Gasteiger partial charge in [0, 0.05) is 6.07 Å². The van der Waals surface area contributed by atoms with E-state index in [1.54, 1.807) is 18.2 Å². The molecule has 0 fully saturated rings. The highest BCUT2D eigenvalue weighted by Crippen LogP contribution is 2.33. The van der Waals surface area contributed by atoms with Crippen molar-refractivity contribution in [2.24, 2.45) is 0 Å². The van der Waals surface area contributed by atoms with E-state index in [1.165, 1.54) is 0 Å². The summed E-state index contributed by atoms with van der Waals surface area (Å²) in [6.07, 6.45) is 0. The molecule has 0 bridgehead atoms. The molecule has 0 saturated carbocycles. The number of rotatable bonds is 3. The van der Waals surface area contributed by atoms with Crippen molar-refractivity contribution in [2.45, 2.75) is 0 Å². The van der Waals surface area contributed by atoms with E-state index in [0.717, 1.165) is 0 Å². The van der Waals surface area contributed by atoms with Gasteiger partial charge in [-0.3, -0.25) is 0 Å². The molecule has 2 rings (SSSR count). The zero-order valence-electron chi connectivity index (χ0n) is 7.89. The summed E-state index contributed by atoms with van der Waals surface area (Å²) in [6.45, 7) is 0.531. The molecule has 80 valence electrons. The zero-order chi connectivity index (χ0) is 10.7. The van der Waals surface area contributed by atoms with E-state index in [4.69, 9.17) is 14.2 Å². The molecule has 0 aromatic heterocycles. The second-order valence-electron chi connectivity index (χ2n) is 2.97. The number of carboxylic acids is 1. The second kappa shape index (κ2) is 4.08. The van der Waals surface area contributed by atoms with Gasteiger partial charge in [0.1, 0.15) is 25.6 Å². The third kappa shape index (κ3) is 2.31. The van der Waals surface area contributed by atoms with Gasteiger partial charge in [-0.1, -0.05) is 0 Å². The van der Waals surface area contributed by atoms with Crippen LogP contribution in [0.3, 0.4) is 0 Å². The average Bonchev–Trinajstić information content (AvgIpc) is 2.26. The van der Waals surface area contributed by atoms with Gasteiger partial charge in [-0.05, 0) is 12.1 Å². The zero-order valence-corrected chi connectivity index (χ0v) is 7.89. The molecule has 0 N–H and O–H groups in total. The van der Waals surface area contributed by atoms with Gasteiger partial charge in [0.2, 0.25) is 0 Å². The van der Waals surface area contributed by atoms with E-state index in [2.05, 4.69) is 0 Å². The highest BCUT2D eigenvalue weighted by atomic mass is 16.6. The molecule has 1 aromatic rings. The fourth-order valence-electron chi connectivity index (χ4n) is 1.26. The Kier molecular flexibility index (Phi) is 2.62. The summed E-state index contributed by atoms with van der Waals surface area (Å²) in [7, 11) is 0. The molecule has 0 saturated heterocycles. The largest absolute Gasteiger partial charge is 0.546 e. The van der Waals surface area contributed by atoms with E-state index in [-0.39, 0.29) is 0 Å².